The van der Waals surface area contributed by atoms with Gasteiger partial charge in [0.05, 0.1) is 13.2 Å². The molecule has 1 atom stereocenters. The van der Waals surface area contributed by atoms with Crippen molar-refractivity contribution >= 4 is 5.91 Å². The monoisotopic (exact) mass is 230 g/mol. The molecule has 0 aromatic carbocycles. The molecule has 0 bridgehead atoms. The fourth-order valence-corrected chi connectivity index (χ4v) is 1.54. The first kappa shape index (κ1) is 13.4. The van der Waals surface area contributed by atoms with Gasteiger partial charge in [-0.25, -0.2) is 0 Å². The number of carbonyl (C=O) groups is 1. The molecule has 0 radical (unpaired) electrons. The van der Waals surface area contributed by atoms with E-state index in [-0.39, 0.29) is 12.5 Å². The van der Waals surface area contributed by atoms with Gasteiger partial charge in [0.15, 0.2) is 0 Å². The van der Waals surface area contributed by atoms with Crippen LogP contribution in [-0.2, 0) is 14.3 Å². The molecule has 0 aliphatic carbocycles. The number of rotatable bonds is 7. The Morgan fingerprint density at radius 3 is 3.06 bits per heavy atom. The molecule has 1 heterocycles. The molecule has 16 heavy (non-hydrogen) atoms. The van der Waals surface area contributed by atoms with Gasteiger partial charge < -0.3 is 19.7 Å². The predicted octanol–water partition coefficient (Wildman–Crippen LogP) is -0.283. The summed E-state index contributed by atoms with van der Waals surface area (Å²) in [5.41, 5.74) is 0. The molecule has 1 rings (SSSR count). The van der Waals surface area contributed by atoms with Crippen molar-refractivity contribution in [3.05, 3.63) is 0 Å². The first-order chi connectivity index (χ1) is 7.74. The van der Waals surface area contributed by atoms with Crippen molar-refractivity contribution in [1.82, 2.24) is 10.2 Å². The second kappa shape index (κ2) is 7.60. The summed E-state index contributed by atoms with van der Waals surface area (Å²) in [6.07, 6.45) is 1.05. The van der Waals surface area contributed by atoms with Gasteiger partial charge in [-0.05, 0) is 13.5 Å². The number of likely N-dealkylation sites (N-methyl/N-ethyl adjacent to an activating group) is 2. The summed E-state index contributed by atoms with van der Waals surface area (Å²) < 4.78 is 10.6. The van der Waals surface area contributed by atoms with Crippen LogP contribution in [0.2, 0.25) is 0 Å². The van der Waals surface area contributed by atoms with E-state index in [2.05, 4.69) is 5.32 Å². The number of hydrogen-bond acceptors (Lipinski definition) is 4. The summed E-state index contributed by atoms with van der Waals surface area (Å²) in [6.45, 7) is 3.92. The minimum Gasteiger partial charge on any atom is -0.381 e. The van der Waals surface area contributed by atoms with Gasteiger partial charge in [0.1, 0.15) is 6.61 Å². The van der Waals surface area contributed by atoms with E-state index in [0.717, 1.165) is 26.2 Å². The summed E-state index contributed by atoms with van der Waals surface area (Å²) in [5.74, 6) is 0.504. The van der Waals surface area contributed by atoms with Crippen molar-refractivity contribution in [2.24, 2.45) is 5.92 Å². The van der Waals surface area contributed by atoms with Crippen LogP contribution in [0.5, 0.6) is 0 Å². The fraction of sp³-hybridized carbons (Fsp3) is 0.909. The van der Waals surface area contributed by atoms with Gasteiger partial charge >= 0.3 is 0 Å². The van der Waals surface area contributed by atoms with Crippen LogP contribution in [-0.4, -0.2) is 64.4 Å². The second-order valence-electron chi connectivity index (χ2n) is 4.16. The number of amides is 1. The summed E-state index contributed by atoms with van der Waals surface area (Å²) in [6, 6.07) is 0. The number of nitrogens with one attached hydrogen (secondary N) is 1. The Kier molecular flexibility index (Phi) is 6.37. The number of ether oxygens (including phenoxy) is 2. The second-order valence-corrected chi connectivity index (χ2v) is 4.16. The van der Waals surface area contributed by atoms with Gasteiger partial charge in [-0.3, -0.25) is 4.79 Å². The molecule has 1 aliphatic heterocycles. The molecule has 1 saturated heterocycles. The molecule has 1 N–H and O–H groups in total. The van der Waals surface area contributed by atoms with Crippen LogP contribution < -0.4 is 5.32 Å². The molecule has 5 heteroatoms. The highest BCUT2D eigenvalue weighted by atomic mass is 16.5. The predicted molar refractivity (Wildman–Crippen MR) is 61.3 cm³/mol. The van der Waals surface area contributed by atoms with E-state index in [1.165, 1.54) is 0 Å². The Morgan fingerprint density at radius 2 is 2.44 bits per heavy atom. The van der Waals surface area contributed by atoms with E-state index in [0.29, 0.717) is 19.1 Å². The van der Waals surface area contributed by atoms with Gasteiger partial charge in [-0.1, -0.05) is 0 Å². The largest absolute Gasteiger partial charge is 0.381 e. The number of carbonyl (C=O) groups excluding carboxylic acids is 1. The fourth-order valence-electron chi connectivity index (χ4n) is 1.54. The Balaban J connectivity index is 2.04. The molecule has 0 spiro atoms. The highest BCUT2D eigenvalue weighted by Gasteiger charge is 2.16. The van der Waals surface area contributed by atoms with Crippen LogP contribution in [0.3, 0.4) is 0 Å². The summed E-state index contributed by atoms with van der Waals surface area (Å²) in [4.78, 5) is 13.2. The van der Waals surface area contributed by atoms with Crippen molar-refractivity contribution in [2.75, 3.05) is 53.6 Å². The van der Waals surface area contributed by atoms with Crippen molar-refractivity contribution < 1.29 is 14.3 Å². The summed E-state index contributed by atoms with van der Waals surface area (Å²) in [5, 5.41) is 3.00. The van der Waals surface area contributed by atoms with E-state index in [1.54, 1.807) is 11.9 Å². The quantitative estimate of drug-likeness (QED) is 0.653. The third-order valence-electron chi connectivity index (χ3n) is 2.73. The van der Waals surface area contributed by atoms with E-state index in [1.807, 2.05) is 7.05 Å². The van der Waals surface area contributed by atoms with Crippen LogP contribution in [0.25, 0.3) is 0 Å². The first-order valence-corrected chi connectivity index (χ1v) is 5.78. The molecule has 0 saturated carbocycles. The zero-order chi connectivity index (χ0) is 11.8. The van der Waals surface area contributed by atoms with Crippen LogP contribution >= 0.6 is 0 Å². The first-order valence-electron chi connectivity index (χ1n) is 5.78. The van der Waals surface area contributed by atoms with Crippen LogP contribution in [0.4, 0.5) is 0 Å². The Bertz CT molecular complexity index is 205. The third kappa shape index (κ3) is 4.92. The molecule has 1 amide bonds. The smallest absolute Gasteiger partial charge is 0.248 e. The van der Waals surface area contributed by atoms with E-state index in [4.69, 9.17) is 9.47 Å². The van der Waals surface area contributed by atoms with Gasteiger partial charge in [-0.15, -0.1) is 0 Å². The number of hydrogen-bond donors (Lipinski definition) is 1. The summed E-state index contributed by atoms with van der Waals surface area (Å²) in [7, 11) is 3.66. The lowest BCUT2D eigenvalue weighted by Gasteiger charge is -2.17. The van der Waals surface area contributed by atoms with Crippen molar-refractivity contribution in [1.29, 1.82) is 0 Å². The lowest BCUT2D eigenvalue weighted by atomic mass is 10.1. The molecular weight excluding hydrogens is 208 g/mol. The molecule has 94 valence electrons. The van der Waals surface area contributed by atoms with Crippen molar-refractivity contribution in [3.8, 4) is 0 Å². The Labute approximate surface area is 97.1 Å². The molecular formula is C11H22N2O3. The average Bonchev–Trinajstić information content (AvgIpc) is 2.78. The number of nitrogens with zero attached hydrogens (tertiary/aromatic N) is 1. The zero-order valence-corrected chi connectivity index (χ0v) is 10.2. The molecule has 1 unspecified atom stereocenters. The Morgan fingerprint density at radius 1 is 1.62 bits per heavy atom. The van der Waals surface area contributed by atoms with Gasteiger partial charge in [0.25, 0.3) is 0 Å². The molecule has 5 nitrogen and oxygen atoms in total. The highest BCUT2D eigenvalue weighted by molar-refractivity contribution is 5.77. The minimum atomic E-state index is 0.0363. The zero-order valence-electron chi connectivity index (χ0n) is 10.2. The van der Waals surface area contributed by atoms with E-state index >= 15 is 0 Å². The maximum atomic E-state index is 11.6. The standard InChI is InChI=1S/C11H22N2O3/c1-12-4-5-13(2)11(14)9-16-8-10-3-6-15-7-10/h10,12H,3-9H2,1-2H3. The normalized spacial score (nSPS) is 20.0. The minimum absolute atomic E-state index is 0.0363. The highest BCUT2D eigenvalue weighted by Crippen LogP contribution is 2.12. The molecule has 0 aromatic rings. The average molecular weight is 230 g/mol. The van der Waals surface area contributed by atoms with Gasteiger partial charge in [-0.2, -0.15) is 0 Å². The van der Waals surface area contributed by atoms with E-state index in [9.17, 15) is 4.79 Å². The lowest BCUT2D eigenvalue weighted by molar-refractivity contribution is -0.135. The SMILES string of the molecule is CNCCN(C)C(=O)COCC1CCOC1. The van der Waals surface area contributed by atoms with Crippen molar-refractivity contribution in [3.63, 3.8) is 0 Å². The molecule has 1 aliphatic rings. The third-order valence-corrected chi connectivity index (χ3v) is 2.73. The van der Waals surface area contributed by atoms with Gasteiger partial charge in [0.2, 0.25) is 5.91 Å². The molecule has 1 fully saturated rings. The van der Waals surface area contributed by atoms with Crippen LogP contribution in [0.15, 0.2) is 0 Å². The van der Waals surface area contributed by atoms with Crippen LogP contribution in [0, 0.1) is 5.92 Å². The summed E-state index contributed by atoms with van der Waals surface area (Å²) >= 11 is 0. The Hall–Kier alpha value is -0.650. The van der Waals surface area contributed by atoms with Crippen LogP contribution in [0.1, 0.15) is 6.42 Å². The lowest BCUT2D eigenvalue weighted by Crippen LogP contribution is -2.35. The maximum absolute atomic E-state index is 11.6. The topological polar surface area (TPSA) is 50.8 Å². The van der Waals surface area contributed by atoms with E-state index < -0.39 is 0 Å². The van der Waals surface area contributed by atoms with Crippen molar-refractivity contribution in [2.45, 2.75) is 6.42 Å². The molecule has 0 aromatic heterocycles. The maximum Gasteiger partial charge on any atom is 0.248 e. The van der Waals surface area contributed by atoms with Gasteiger partial charge in [0, 0.05) is 32.7 Å².